The molecule has 3 amide bonds. The molecule has 15 heteroatoms. The number of carbonyl (C=O) groups is 4. The van der Waals surface area contributed by atoms with Crippen LogP contribution in [0.1, 0.15) is 64.3 Å². The first-order valence-electron chi connectivity index (χ1n) is 16.2. The van der Waals surface area contributed by atoms with E-state index in [0.29, 0.717) is 19.4 Å². The summed E-state index contributed by atoms with van der Waals surface area (Å²) in [7, 11) is 0. The Morgan fingerprint density at radius 3 is 2.38 bits per heavy atom. The lowest BCUT2D eigenvalue weighted by Crippen LogP contribution is -2.57. The van der Waals surface area contributed by atoms with E-state index in [2.05, 4.69) is 15.6 Å². The van der Waals surface area contributed by atoms with Crippen molar-refractivity contribution in [3.05, 3.63) is 68.5 Å². The largest absolute Gasteiger partial charge is 0.461 e. The van der Waals surface area contributed by atoms with Crippen molar-refractivity contribution in [2.45, 2.75) is 97.0 Å². The summed E-state index contributed by atoms with van der Waals surface area (Å²) in [4.78, 5) is 80.5. The summed E-state index contributed by atoms with van der Waals surface area (Å²) in [5, 5.41) is 15.9. The summed E-state index contributed by atoms with van der Waals surface area (Å²) in [6.45, 7) is 8.54. The molecular formula is C33H45N5O10. The third kappa shape index (κ3) is 8.89. The molecular weight excluding hydrogens is 626 g/mol. The van der Waals surface area contributed by atoms with Gasteiger partial charge in [0.2, 0.25) is 11.8 Å². The van der Waals surface area contributed by atoms with Gasteiger partial charge in [0.1, 0.15) is 43.7 Å². The minimum atomic E-state index is -1.07. The van der Waals surface area contributed by atoms with Crippen LogP contribution < -0.4 is 21.9 Å². The molecule has 0 radical (unpaired) electrons. The van der Waals surface area contributed by atoms with E-state index in [9.17, 15) is 33.9 Å². The third-order valence-corrected chi connectivity index (χ3v) is 8.53. The van der Waals surface area contributed by atoms with Crippen molar-refractivity contribution in [2.24, 2.45) is 11.8 Å². The van der Waals surface area contributed by atoms with Gasteiger partial charge in [0, 0.05) is 24.7 Å². The molecule has 262 valence electrons. The van der Waals surface area contributed by atoms with Crippen LogP contribution in [0.3, 0.4) is 0 Å². The summed E-state index contributed by atoms with van der Waals surface area (Å²) in [6.07, 6.45) is -1.36. The molecule has 3 heterocycles. The number of esters is 1. The predicted molar refractivity (Wildman–Crippen MR) is 171 cm³/mol. The number of benzene rings is 1. The molecule has 0 saturated carbocycles. The van der Waals surface area contributed by atoms with Crippen molar-refractivity contribution in [1.29, 1.82) is 0 Å². The van der Waals surface area contributed by atoms with E-state index in [1.807, 2.05) is 30.3 Å². The van der Waals surface area contributed by atoms with Gasteiger partial charge in [-0.25, -0.2) is 14.4 Å². The molecule has 2 aliphatic rings. The number of hydrogen-bond donors (Lipinski definition) is 4. The van der Waals surface area contributed by atoms with Crippen molar-refractivity contribution >= 4 is 23.9 Å². The van der Waals surface area contributed by atoms with Gasteiger partial charge in [0.05, 0.1) is 6.10 Å². The van der Waals surface area contributed by atoms with Crippen LogP contribution >= 0.6 is 0 Å². The normalized spacial score (nSPS) is 22.0. The van der Waals surface area contributed by atoms with E-state index in [0.717, 1.165) is 5.56 Å². The molecule has 6 atom stereocenters. The predicted octanol–water partition coefficient (Wildman–Crippen LogP) is 1.12. The average molecular weight is 672 g/mol. The number of carbonyl (C=O) groups excluding carboxylic acids is 4. The minimum Gasteiger partial charge on any atom is -0.461 e. The van der Waals surface area contributed by atoms with Gasteiger partial charge in [0.25, 0.3) is 5.56 Å². The molecule has 2 saturated heterocycles. The van der Waals surface area contributed by atoms with Crippen LogP contribution in [0, 0.1) is 18.8 Å². The van der Waals surface area contributed by atoms with Crippen molar-refractivity contribution in [2.75, 3.05) is 13.2 Å². The maximum Gasteiger partial charge on any atom is 0.408 e. The molecule has 1 aromatic heterocycles. The lowest BCUT2D eigenvalue weighted by molar-refractivity contribution is -0.155. The Hall–Kier alpha value is -4.50. The van der Waals surface area contributed by atoms with E-state index in [-0.39, 0.29) is 37.0 Å². The Morgan fingerprint density at radius 2 is 1.71 bits per heavy atom. The molecule has 2 aromatic rings. The Bertz CT molecular complexity index is 1570. The summed E-state index contributed by atoms with van der Waals surface area (Å²) >= 11 is 0. The number of aryl methyl sites for hydroxylation is 1. The van der Waals surface area contributed by atoms with Crippen LogP contribution in [-0.4, -0.2) is 86.9 Å². The Balaban J connectivity index is 1.34. The Labute approximate surface area is 277 Å². The fourth-order valence-corrected chi connectivity index (χ4v) is 5.72. The number of nitrogens with one attached hydrogen (secondary N) is 3. The first-order chi connectivity index (χ1) is 22.8. The highest BCUT2D eigenvalue weighted by atomic mass is 16.6. The quantitative estimate of drug-likeness (QED) is 0.237. The number of aromatic nitrogens is 2. The van der Waals surface area contributed by atoms with Crippen LogP contribution in [0.5, 0.6) is 0 Å². The van der Waals surface area contributed by atoms with E-state index in [1.165, 1.54) is 22.6 Å². The van der Waals surface area contributed by atoms with Gasteiger partial charge >= 0.3 is 17.8 Å². The maximum atomic E-state index is 13.6. The van der Waals surface area contributed by atoms with E-state index >= 15 is 0 Å². The number of aromatic amines is 1. The number of hydrogen-bond acceptors (Lipinski definition) is 10. The van der Waals surface area contributed by atoms with Crippen LogP contribution in [-0.2, 0) is 35.2 Å². The smallest absolute Gasteiger partial charge is 0.408 e. The topological polar surface area (TPSA) is 198 Å². The van der Waals surface area contributed by atoms with Gasteiger partial charge < -0.3 is 34.9 Å². The molecule has 1 aromatic carbocycles. The van der Waals surface area contributed by atoms with Crippen molar-refractivity contribution in [3.8, 4) is 0 Å². The SMILES string of the molecule is Cc1cn([C@H]2C[C@H](O)[C@@H](COC(=O)[C@@H](NC(=O)[C@@H]3CCCN3C(=O)[C@@H](NC(=O)OCc3ccccc3)C(C)C)C(C)C)O2)c(=O)[nH]c1=O. The summed E-state index contributed by atoms with van der Waals surface area (Å²) in [6, 6.07) is 6.25. The number of nitrogens with zero attached hydrogens (tertiary/aromatic N) is 2. The first kappa shape index (κ1) is 36.3. The van der Waals surface area contributed by atoms with E-state index in [4.69, 9.17) is 14.2 Å². The average Bonchev–Trinajstić information content (AvgIpc) is 3.68. The lowest BCUT2D eigenvalue weighted by atomic mass is 10.0. The third-order valence-electron chi connectivity index (χ3n) is 8.53. The van der Waals surface area contributed by atoms with Gasteiger partial charge in [-0.15, -0.1) is 0 Å². The summed E-state index contributed by atoms with van der Waals surface area (Å²) in [5.41, 5.74) is -0.134. The number of likely N-dealkylation sites (tertiary alicyclic amines) is 1. The molecule has 0 bridgehead atoms. The second-order valence-corrected chi connectivity index (χ2v) is 12.9. The molecule has 2 fully saturated rings. The maximum absolute atomic E-state index is 13.6. The fraction of sp³-hybridized carbons (Fsp3) is 0.576. The van der Waals surface area contributed by atoms with E-state index in [1.54, 1.807) is 27.7 Å². The van der Waals surface area contributed by atoms with Crippen molar-refractivity contribution < 1.29 is 38.5 Å². The van der Waals surface area contributed by atoms with Gasteiger partial charge in [-0.05, 0) is 37.2 Å². The Morgan fingerprint density at radius 1 is 1.02 bits per heavy atom. The highest BCUT2D eigenvalue weighted by Crippen LogP contribution is 2.28. The summed E-state index contributed by atoms with van der Waals surface area (Å²) in [5.74, 6) is -2.41. The van der Waals surface area contributed by atoms with Gasteiger partial charge in [-0.3, -0.25) is 23.9 Å². The first-order valence-corrected chi connectivity index (χ1v) is 16.2. The second-order valence-electron chi connectivity index (χ2n) is 12.9. The lowest BCUT2D eigenvalue weighted by Gasteiger charge is -2.31. The van der Waals surface area contributed by atoms with Gasteiger partial charge in [0.15, 0.2) is 0 Å². The zero-order chi connectivity index (χ0) is 35.1. The molecule has 4 rings (SSSR count). The summed E-state index contributed by atoms with van der Waals surface area (Å²) < 4.78 is 17.7. The van der Waals surface area contributed by atoms with Gasteiger partial charge in [-0.1, -0.05) is 58.0 Å². The molecule has 0 unspecified atom stereocenters. The van der Waals surface area contributed by atoms with Crippen LogP contribution in [0.2, 0.25) is 0 Å². The number of aliphatic hydroxyl groups excluding tert-OH is 1. The number of aliphatic hydroxyl groups is 1. The molecule has 4 N–H and O–H groups in total. The van der Waals surface area contributed by atoms with Crippen molar-refractivity contribution in [1.82, 2.24) is 25.1 Å². The molecule has 2 aliphatic heterocycles. The number of ether oxygens (including phenoxy) is 3. The van der Waals surface area contributed by atoms with Gasteiger partial charge in [-0.2, -0.15) is 0 Å². The molecule has 0 spiro atoms. The van der Waals surface area contributed by atoms with Crippen LogP contribution in [0.4, 0.5) is 4.79 Å². The van der Waals surface area contributed by atoms with Crippen LogP contribution in [0.25, 0.3) is 0 Å². The fourth-order valence-electron chi connectivity index (χ4n) is 5.72. The molecule has 48 heavy (non-hydrogen) atoms. The highest BCUT2D eigenvalue weighted by Gasteiger charge is 2.41. The monoisotopic (exact) mass is 671 g/mol. The highest BCUT2D eigenvalue weighted by molar-refractivity contribution is 5.93. The van der Waals surface area contributed by atoms with Crippen molar-refractivity contribution in [3.63, 3.8) is 0 Å². The van der Waals surface area contributed by atoms with E-state index < -0.39 is 71.7 Å². The Kier molecular flexibility index (Phi) is 12.2. The number of rotatable bonds is 12. The number of H-pyrrole nitrogens is 1. The second kappa shape index (κ2) is 16.1. The number of amides is 3. The molecule has 0 aliphatic carbocycles. The minimum absolute atomic E-state index is 0.0282. The zero-order valence-electron chi connectivity index (χ0n) is 27.8. The number of alkyl carbamates (subject to hydrolysis) is 1. The molecule has 15 nitrogen and oxygen atoms in total. The zero-order valence-corrected chi connectivity index (χ0v) is 27.8. The standard InChI is InChI=1S/C33H45N5O10/c1-18(2)26(35-33(45)47-16-21-10-7-6-8-11-21)30(42)37-13-9-12-22(37)29(41)34-27(19(3)4)31(43)46-17-24-23(39)14-25(48-24)38-15-20(5)28(40)36-32(38)44/h6-8,10-11,15,18-19,22-27,39H,9,12-14,16-17H2,1-5H3,(H,34,41)(H,35,45)(H,36,40,44)/t22-,23-,24+,25+,26-,27-/m0/s1. The van der Waals surface area contributed by atoms with Crippen LogP contribution in [0.15, 0.2) is 46.1 Å².